The van der Waals surface area contributed by atoms with Gasteiger partial charge < -0.3 is 0 Å². The maximum Gasteiger partial charge on any atom is 0.264 e. The van der Waals surface area contributed by atoms with E-state index in [9.17, 15) is 8.42 Å². The van der Waals surface area contributed by atoms with Gasteiger partial charge in [-0.3, -0.25) is 4.31 Å². The Bertz CT molecular complexity index is 796. The summed E-state index contributed by atoms with van der Waals surface area (Å²) in [5.41, 5.74) is 3.77. The monoisotopic (exact) mass is 301 g/mol. The number of hydrogen-bond acceptors (Lipinski definition) is 2. The average molecular weight is 301 g/mol. The molecule has 3 rings (SSSR count). The molecule has 0 bridgehead atoms. The molecule has 0 aromatic heterocycles. The Morgan fingerprint density at radius 1 is 1.10 bits per heavy atom. The van der Waals surface area contributed by atoms with Gasteiger partial charge in [0.1, 0.15) is 0 Å². The van der Waals surface area contributed by atoms with Gasteiger partial charge in [0.05, 0.1) is 10.6 Å². The highest BCUT2D eigenvalue weighted by atomic mass is 32.2. The molecule has 0 aliphatic carbocycles. The summed E-state index contributed by atoms with van der Waals surface area (Å²) in [7, 11) is -3.52. The minimum atomic E-state index is -3.52. The van der Waals surface area contributed by atoms with Crippen LogP contribution in [0, 0.1) is 13.8 Å². The third-order valence-electron chi connectivity index (χ3n) is 4.01. The van der Waals surface area contributed by atoms with Crippen LogP contribution in [-0.2, 0) is 16.4 Å². The second kappa shape index (κ2) is 4.88. The molecule has 0 N–H and O–H groups in total. The molecule has 1 aliphatic rings. The van der Waals surface area contributed by atoms with E-state index in [1.807, 2.05) is 57.2 Å². The van der Waals surface area contributed by atoms with Crippen LogP contribution in [-0.4, -0.2) is 14.5 Å². The Morgan fingerprint density at radius 3 is 2.52 bits per heavy atom. The molecule has 4 heteroatoms. The van der Waals surface area contributed by atoms with Crippen molar-refractivity contribution in [1.29, 1.82) is 0 Å². The molecule has 2 aromatic carbocycles. The second-order valence-corrected chi connectivity index (χ2v) is 7.54. The van der Waals surface area contributed by atoms with E-state index in [0.717, 1.165) is 28.8 Å². The first-order chi connectivity index (χ1) is 9.91. The summed E-state index contributed by atoms with van der Waals surface area (Å²) in [4.78, 5) is 0.400. The number of benzene rings is 2. The van der Waals surface area contributed by atoms with Gasteiger partial charge in [0, 0.05) is 6.04 Å². The first-order valence-electron chi connectivity index (χ1n) is 7.11. The quantitative estimate of drug-likeness (QED) is 0.852. The lowest BCUT2D eigenvalue weighted by Crippen LogP contribution is -2.36. The molecule has 3 nitrogen and oxygen atoms in total. The van der Waals surface area contributed by atoms with E-state index in [1.165, 1.54) is 0 Å². The first-order valence-corrected chi connectivity index (χ1v) is 8.55. The largest absolute Gasteiger partial charge is 0.264 e. The van der Waals surface area contributed by atoms with Gasteiger partial charge >= 0.3 is 0 Å². The second-order valence-electron chi connectivity index (χ2n) is 5.75. The Hall–Kier alpha value is -1.81. The standard InChI is InChI=1S/C17H19NO2S/c1-12-8-9-17(13(2)10-12)21(19,20)18-14(3)11-15-6-4-5-7-16(15)18/h4-10,14H,11H2,1-3H3. The Labute approximate surface area is 126 Å². The summed E-state index contributed by atoms with van der Waals surface area (Å²) in [5.74, 6) is 0. The highest BCUT2D eigenvalue weighted by Crippen LogP contribution is 2.37. The normalized spacial score (nSPS) is 17.9. The third kappa shape index (κ3) is 2.23. The zero-order chi connectivity index (χ0) is 15.2. The molecule has 1 heterocycles. The first kappa shape index (κ1) is 14.1. The highest BCUT2D eigenvalue weighted by Gasteiger charge is 2.36. The van der Waals surface area contributed by atoms with Gasteiger partial charge in [0.15, 0.2) is 0 Å². The fourth-order valence-corrected chi connectivity index (χ4v) is 5.00. The SMILES string of the molecule is Cc1ccc(S(=O)(=O)N2c3ccccc3CC2C)c(C)c1. The fraction of sp³-hybridized carbons (Fsp3) is 0.294. The van der Waals surface area contributed by atoms with Crippen molar-refractivity contribution in [3.63, 3.8) is 0 Å². The van der Waals surface area contributed by atoms with Crippen molar-refractivity contribution in [3.05, 3.63) is 59.2 Å². The maximum absolute atomic E-state index is 13.1. The predicted molar refractivity (Wildman–Crippen MR) is 85.2 cm³/mol. The van der Waals surface area contributed by atoms with E-state index in [4.69, 9.17) is 0 Å². The van der Waals surface area contributed by atoms with Crippen LogP contribution in [0.5, 0.6) is 0 Å². The van der Waals surface area contributed by atoms with Crippen LogP contribution in [0.15, 0.2) is 47.4 Å². The number of fused-ring (bicyclic) bond motifs is 1. The fourth-order valence-electron chi connectivity index (χ4n) is 3.10. The molecule has 0 radical (unpaired) electrons. The third-order valence-corrected chi connectivity index (χ3v) is 6.10. The lowest BCUT2D eigenvalue weighted by molar-refractivity contribution is 0.583. The van der Waals surface area contributed by atoms with Gasteiger partial charge in [-0.2, -0.15) is 0 Å². The van der Waals surface area contributed by atoms with Crippen molar-refractivity contribution < 1.29 is 8.42 Å². The predicted octanol–water partition coefficient (Wildman–Crippen LogP) is 3.44. The van der Waals surface area contributed by atoms with Crippen LogP contribution in [0.25, 0.3) is 0 Å². The number of para-hydroxylation sites is 1. The molecule has 0 saturated carbocycles. The summed E-state index contributed by atoms with van der Waals surface area (Å²) >= 11 is 0. The number of aryl methyl sites for hydroxylation is 2. The van der Waals surface area contributed by atoms with Crippen molar-refractivity contribution in [2.24, 2.45) is 0 Å². The van der Waals surface area contributed by atoms with E-state index < -0.39 is 10.0 Å². The molecule has 1 aliphatic heterocycles. The van der Waals surface area contributed by atoms with Gasteiger partial charge in [-0.1, -0.05) is 35.9 Å². The van der Waals surface area contributed by atoms with Gasteiger partial charge in [-0.25, -0.2) is 8.42 Å². The van der Waals surface area contributed by atoms with Crippen LogP contribution in [0.3, 0.4) is 0 Å². The van der Waals surface area contributed by atoms with Crippen LogP contribution < -0.4 is 4.31 Å². The van der Waals surface area contributed by atoms with Crippen molar-refractivity contribution >= 4 is 15.7 Å². The number of sulfonamides is 1. The van der Waals surface area contributed by atoms with Crippen LogP contribution in [0.2, 0.25) is 0 Å². The van der Waals surface area contributed by atoms with Gasteiger partial charge in [0.25, 0.3) is 10.0 Å². The molecule has 110 valence electrons. The van der Waals surface area contributed by atoms with Crippen molar-refractivity contribution in [2.75, 3.05) is 4.31 Å². The van der Waals surface area contributed by atoms with Crippen LogP contribution in [0.4, 0.5) is 5.69 Å². The van der Waals surface area contributed by atoms with Gasteiger partial charge in [-0.15, -0.1) is 0 Å². The molecule has 1 atom stereocenters. The molecule has 2 aromatic rings. The van der Waals surface area contributed by atoms with E-state index in [1.54, 1.807) is 10.4 Å². The molecular weight excluding hydrogens is 282 g/mol. The van der Waals surface area contributed by atoms with Crippen LogP contribution in [0.1, 0.15) is 23.6 Å². The van der Waals surface area contributed by atoms with Gasteiger partial charge in [0.2, 0.25) is 0 Å². The summed E-state index contributed by atoms with van der Waals surface area (Å²) in [5, 5.41) is 0. The van der Waals surface area contributed by atoms with Crippen molar-refractivity contribution in [3.8, 4) is 0 Å². The lowest BCUT2D eigenvalue weighted by atomic mass is 10.1. The zero-order valence-electron chi connectivity index (χ0n) is 12.5. The molecule has 0 spiro atoms. The van der Waals surface area contributed by atoms with E-state index in [0.29, 0.717) is 4.90 Å². The molecule has 1 unspecified atom stereocenters. The molecule has 0 fully saturated rings. The van der Waals surface area contributed by atoms with E-state index >= 15 is 0 Å². The van der Waals surface area contributed by atoms with E-state index in [2.05, 4.69) is 0 Å². The number of hydrogen-bond donors (Lipinski definition) is 0. The number of anilines is 1. The molecule has 21 heavy (non-hydrogen) atoms. The van der Waals surface area contributed by atoms with Crippen molar-refractivity contribution in [1.82, 2.24) is 0 Å². The smallest absolute Gasteiger partial charge is 0.263 e. The number of nitrogens with zero attached hydrogens (tertiary/aromatic N) is 1. The summed E-state index contributed by atoms with van der Waals surface area (Å²) in [6.07, 6.45) is 0.764. The molecular formula is C17H19NO2S. The summed E-state index contributed by atoms with van der Waals surface area (Å²) in [6, 6.07) is 13.2. The Balaban J connectivity index is 2.15. The summed E-state index contributed by atoms with van der Waals surface area (Å²) in [6.45, 7) is 5.78. The highest BCUT2D eigenvalue weighted by molar-refractivity contribution is 7.93. The molecule has 0 amide bonds. The Kier molecular flexibility index (Phi) is 3.29. The van der Waals surface area contributed by atoms with Gasteiger partial charge in [-0.05, 0) is 50.5 Å². The van der Waals surface area contributed by atoms with E-state index in [-0.39, 0.29) is 6.04 Å². The summed E-state index contributed by atoms with van der Waals surface area (Å²) < 4.78 is 27.7. The average Bonchev–Trinajstić information content (AvgIpc) is 2.74. The Morgan fingerprint density at radius 2 is 1.81 bits per heavy atom. The van der Waals surface area contributed by atoms with Crippen LogP contribution >= 0.6 is 0 Å². The van der Waals surface area contributed by atoms with Crippen molar-refractivity contribution in [2.45, 2.75) is 38.1 Å². The zero-order valence-corrected chi connectivity index (χ0v) is 13.3. The minimum absolute atomic E-state index is 0.0481. The number of rotatable bonds is 2. The lowest BCUT2D eigenvalue weighted by Gasteiger charge is -2.25. The molecule has 0 saturated heterocycles. The topological polar surface area (TPSA) is 37.4 Å². The maximum atomic E-state index is 13.1. The minimum Gasteiger partial charge on any atom is -0.263 e.